The van der Waals surface area contributed by atoms with Crippen LogP contribution in [0.25, 0.3) is 16.7 Å². The van der Waals surface area contributed by atoms with Gasteiger partial charge in [-0.05, 0) is 31.9 Å². The number of hydrogen-bond donors (Lipinski definition) is 1. The summed E-state index contributed by atoms with van der Waals surface area (Å²) in [7, 11) is 0. The van der Waals surface area contributed by atoms with E-state index in [4.69, 9.17) is 0 Å². The molecule has 128 valence electrons. The molecule has 1 aliphatic heterocycles. The zero-order valence-electron chi connectivity index (χ0n) is 14.0. The van der Waals surface area contributed by atoms with E-state index >= 15 is 0 Å². The molecule has 0 bridgehead atoms. The van der Waals surface area contributed by atoms with E-state index in [1.54, 1.807) is 10.9 Å². The Hall–Kier alpha value is -2.96. The van der Waals surface area contributed by atoms with Gasteiger partial charge < -0.3 is 10.0 Å². The molecule has 1 N–H and O–H groups in total. The predicted octanol–water partition coefficient (Wildman–Crippen LogP) is 2.42. The molecule has 0 amide bonds. The zero-order valence-corrected chi connectivity index (χ0v) is 14.0. The third-order valence-electron chi connectivity index (χ3n) is 4.69. The molecular weight excluding hydrogens is 318 g/mol. The van der Waals surface area contributed by atoms with Crippen molar-refractivity contribution < 1.29 is 9.90 Å². The van der Waals surface area contributed by atoms with E-state index < -0.39 is 5.97 Å². The SMILES string of the molecule is Cc1ccc(-n2ncc3c(N4CCCC(C(=O)O)C4)ncnc32)cc1. The summed E-state index contributed by atoms with van der Waals surface area (Å²) in [6, 6.07) is 8.08. The summed E-state index contributed by atoms with van der Waals surface area (Å²) in [6.07, 6.45) is 4.83. The van der Waals surface area contributed by atoms with Gasteiger partial charge >= 0.3 is 5.97 Å². The maximum Gasteiger partial charge on any atom is 0.308 e. The smallest absolute Gasteiger partial charge is 0.308 e. The molecule has 1 aromatic carbocycles. The van der Waals surface area contributed by atoms with Gasteiger partial charge in [-0.25, -0.2) is 14.6 Å². The Morgan fingerprint density at radius 1 is 1.24 bits per heavy atom. The molecule has 1 atom stereocenters. The van der Waals surface area contributed by atoms with E-state index in [1.165, 1.54) is 11.9 Å². The Balaban J connectivity index is 1.74. The van der Waals surface area contributed by atoms with Crippen molar-refractivity contribution in [3.63, 3.8) is 0 Å². The Morgan fingerprint density at radius 3 is 2.80 bits per heavy atom. The number of aryl methyl sites for hydroxylation is 1. The monoisotopic (exact) mass is 337 g/mol. The summed E-state index contributed by atoms with van der Waals surface area (Å²) in [6.45, 7) is 3.31. The highest BCUT2D eigenvalue weighted by atomic mass is 16.4. The first kappa shape index (κ1) is 15.6. The lowest BCUT2D eigenvalue weighted by atomic mass is 9.98. The first-order valence-corrected chi connectivity index (χ1v) is 8.37. The van der Waals surface area contributed by atoms with Crippen LogP contribution >= 0.6 is 0 Å². The van der Waals surface area contributed by atoms with Crippen LogP contribution < -0.4 is 4.90 Å². The van der Waals surface area contributed by atoms with E-state index in [-0.39, 0.29) is 5.92 Å². The van der Waals surface area contributed by atoms with E-state index in [0.29, 0.717) is 13.0 Å². The molecule has 2 aromatic heterocycles. The highest BCUT2D eigenvalue weighted by molar-refractivity contribution is 5.88. The molecule has 4 rings (SSSR count). The molecule has 1 saturated heterocycles. The Kier molecular flexibility index (Phi) is 3.83. The fourth-order valence-electron chi connectivity index (χ4n) is 3.33. The molecule has 1 aliphatic rings. The van der Waals surface area contributed by atoms with Crippen LogP contribution in [0.5, 0.6) is 0 Å². The maximum atomic E-state index is 11.3. The second-order valence-corrected chi connectivity index (χ2v) is 6.45. The number of aliphatic carboxylic acids is 1. The molecule has 3 aromatic rings. The topological polar surface area (TPSA) is 84.1 Å². The molecule has 0 aliphatic carbocycles. The number of carboxylic acids is 1. The normalized spacial score (nSPS) is 17.8. The maximum absolute atomic E-state index is 11.3. The average molecular weight is 337 g/mol. The number of fused-ring (bicyclic) bond motifs is 1. The Morgan fingerprint density at radius 2 is 2.04 bits per heavy atom. The van der Waals surface area contributed by atoms with Gasteiger partial charge in [0.15, 0.2) is 5.65 Å². The molecule has 0 spiro atoms. The van der Waals surface area contributed by atoms with Crippen LogP contribution in [0.15, 0.2) is 36.8 Å². The Bertz CT molecular complexity index is 919. The number of benzene rings is 1. The summed E-state index contributed by atoms with van der Waals surface area (Å²) in [5.74, 6) is -0.342. The van der Waals surface area contributed by atoms with E-state index in [0.717, 1.165) is 35.5 Å². The molecule has 25 heavy (non-hydrogen) atoms. The summed E-state index contributed by atoms with van der Waals surface area (Å²) in [4.78, 5) is 22.2. The van der Waals surface area contributed by atoms with Gasteiger partial charge in [-0.3, -0.25) is 4.79 Å². The largest absolute Gasteiger partial charge is 0.481 e. The van der Waals surface area contributed by atoms with Gasteiger partial charge in [0.05, 0.1) is 23.2 Å². The summed E-state index contributed by atoms with van der Waals surface area (Å²) >= 11 is 0. The number of hydrogen-bond acceptors (Lipinski definition) is 5. The van der Waals surface area contributed by atoms with Crippen molar-refractivity contribution in [2.45, 2.75) is 19.8 Å². The van der Waals surface area contributed by atoms with Gasteiger partial charge in [0, 0.05) is 13.1 Å². The first-order valence-electron chi connectivity index (χ1n) is 8.37. The van der Waals surface area contributed by atoms with Gasteiger partial charge in [0.1, 0.15) is 12.1 Å². The number of carboxylic acid groups (broad SMARTS) is 1. The highest BCUT2D eigenvalue weighted by Gasteiger charge is 2.27. The standard InChI is InChI=1S/C18H19N5O2/c1-12-4-6-14(7-5-12)23-17-15(9-21-23)16(19-11-20-17)22-8-2-3-13(10-22)18(24)25/h4-7,9,11,13H,2-3,8,10H2,1H3,(H,24,25). The van der Waals surface area contributed by atoms with Crippen molar-refractivity contribution in [3.05, 3.63) is 42.4 Å². The zero-order chi connectivity index (χ0) is 17.4. The Labute approximate surface area is 144 Å². The van der Waals surface area contributed by atoms with Crippen LogP contribution in [0.2, 0.25) is 0 Å². The van der Waals surface area contributed by atoms with Crippen LogP contribution in [-0.4, -0.2) is 43.9 Å². The van der Waals surface area contributed by atoms with Crippen LogP contribution in [-0.2, 0) is 4.79 Å². The second-order valence-electron chi connectivity index (χ2n) is 6.45. The van der Waals surface area contributed by atoms with Crippen LogP contribution in [0.1, 0.15) is 18.4 Å². The summed E-state index contributed by atoms with van der Waals surface area (Å²) < 4.78 is 1.79. The molecule has 1 fully saturated rings. The van der Waals surface area contributed by atoms with Crippen LogP contribution in [0.4, 0.5) is 5.82 Å². The van der Waals surface area contributed by atoms with Gasteiger partial charge in [-0.2, -0.15) is 5.10 Å². The molecule has 0 radical (unpaired) electrons. The van der Waals surface area contributed by atoms with Crippen molar-refractivity contribution in [2.24, 2.45) is 5.92 Å². The fourth-order valence-corrected chi connectivity index (χ4v) is 3.33. The molecule has 3 heterocycles. The quantitative estimate of drug-likeness (QED) is 0.790. The van der Waals surface area contributed by atoms with Crippen molar-refractivity contribution in [3.8, 4) is 5.69 Å². The molecule has 7 nitrogen and oxygen atoms in total. The number of rotatable bonds is 3. The van der Waals surface area contributed by atoms with Crippen LogP contribution in [0.3, 0.4) is 0 Å². The van der Waals surface area contributed by atoms with Crippen molar-refractivity contribution >= 4 is 22.8 Å². The van der Waals surface area contributed by atoms with Gasteiger partial charge in [-0.15, -0.1) is 0 Å². The highest BCUT2D eigenvalue weighted by Crippen LogP contribution is 2.28. The minimum atomic E-state index is -0.745. The number of nitrogens with zero attached hydrogens (tertiary/aromatic N) is 5. The lowest BCUT2D eigenvalue weighted by molar-refractivity contribution is -0.141. The summed E-state index contributed by atoms with van der Waals surface area (Å²) in [5.41, 5.74) is 2.85. The fraction of sp³-hybridized carbons (Fsp3) is 0.333. The predicted molar refractivity (Wildman–Crippen MR) is 94.0 cm³/mol. The summed E-state index contributed by atoms with van der Waals surface area (Å²) in [5, 5.41) is 14.6. The van der Waals surface area contributed by atoms with Gasteiger partial charge in [0.25, 0.3) is 0 Å². The van der Waals surface area contributed by atoms with Crippen molar-refractivity contribution in [2.75, 3.05) is 18.0 Å². The lowest BCUT2D eigenvalue weighted by Crippen LogP contribution is -2.39. The second kappa shape index (κ2) is 6.16. The molecule has 0 saturated carbocycles. The van der Waals surface area contributed by atoms with E-state index in [2.05, 4.69) is 15.1 Å². The van der Waals surface area contributed by atoms with E-state index in [1.807, 2.05) is 36.1 Å². The molecule has 7 heteroatoms. The minimum Gasteiger partial charge on any atom is -0.481 e. The van der Waals surface area contributed by atoms with E-state index in [9.17, 15) is 9.90 Å². The number of aromatic nitrogens is 4. The average Bonchev–Trinajstić information content (AvgIpc) is 3.06. The van der Waals surface area contributed by atoms with Gasteiger partial charge in [-0.1, -0.05) is 17.7 Å². The number of carbonyl (C=O) groups is 1. The van der Waals surface area contributed by atoms with Crippen molar-refractivity contribution in [1.29, 1.82) is 0 Å². The molecule has 1 unspecified atom stereocenters. The number of piperidine rings is 1. The van der Waals surface area contributed by atoms with Crippen LogP contribution in [0, 0.1) is 12.8 Å². The minimum absolute atomic E-state index is 0.356. The number of anilines is 1. The van der Waals surface area contributed by atoms with Gasteiger partial charge in [0.2, 0.25) is 0 Å². The lowest BCUT2D eigenvalue weighted by Gasteiger charge is -2.31. The first-order chi connectivity index (χ1) is 12.1. The molecular formula is C18H19N5O2. The third-order valence-corrected chi connectivity index (χ3v) is 4.69. The van der Waals surface area contributed by atoms with Crippen molar-refractivity contribution in [1.82, 2.24) is 19.7 Å². The third kappa shape index (κ3) is 2.82.